The van der Waals surface area contributed by atoms with Gasteiger partial charge >= 0.3 is 0 Å². The van der Waals surface area contributed by atoms with Gasteiger partial charge in [0, 0.05) is 29.8 Å². The summed E-state index contributed by atoms with van der Waals surface area (Å²) in [6.07, 6.45) is 4.38. The van der Waals surface area contributed by atoms with Gasteiger partial charge in [-0.3, -0.25) is 15.0 Å². The van der Waals surface area contributed by atoms with Crippen LogP contribution >= 0.6 is 0 Å². The molecule has 31 heavy (non-hydrogen) atoms. The van der Waals surface area contributed by atoms with Crippen LogP contribution in [-0.2, 0) is 4.79 Å². The second kappa shape index (κ2) is 9.36. The number of carbonyl (C=O) groups is 1. The maximum absolute atomic E-state index is 11.0. The van der Waals surface area contributed by atoms with Crippen LogP contribution in [0.3, 0.4) is 0 Å². The number of nitrogens with zero attached hydrogens (tertiary/aromatic N) is 2. The first-order valence-corrected chi connectivity index (χ1v) is 10.1. The van der Waals surface area contributed by atoms with Crippen LogP contribution in [0.25, 0.3) is 33.3 Å². The lowest BCUT2D eigenvalue weighted by atomic mass is 10.0. The molecule has 0 aliphatic rings. The quantitative estimate of drug-likeness (QED) is 0.255. The second-order valence-corrected chi connectivity index (χ2v) is 7.31. The fourth-order valence-electron chi connectivity index (χ4n) is 3.44. The predicted octanol–water partition coefficient (Wildman–Crippen LogP) is 4.94. The third-order valence-corrected chi connectivity index (χ3v) is 5.13. The lowest BCUT2D eigenvalue weighted by Gasteiger charge is -2.09. The zero-order chi connectivity index (χ0) is 21.6. The minimum absolute atomic E-state index is 0.226. The van der Waals surface area contributed by atoms with Crippen LogP contribution in [0.4, 0.5) is 0 Å². The Bertz CT molecular complexity index is 1190. The summed E-state index contributed by atoms with van der Waals surface area (Å²) in [5.41, 5.74) is 7.93. The molecule has 0 spiro atoms. The van der Waals surface area contributed by atoms with Gasteiger partial charge in [0.15, 0.2) is 0 Å². The summed E-state index contributed by atoms with van der Waals surface area (Å²) in [4.78, 5) is 20.0. The highest BCUT2D eigenvalue weighted by atomic mass is 16.5. The number of hydrogen-bond acceptors (Lipinski definition) is 5. The smallest absolute Gasteiger partial charge is 0.243 e. The zero-order valence-electron chi connectivity index (χ0n) is 17.2. The Labute approximate surface area is 180 Å². The number of rotatable bonds is 7. The van der Waals surface area contributed by atoms with E-state index in [1.165, 1.54) is 0 Å². The van der Waals surface area contributed by atoms with Crippen molar-refractivity contribution in [3.8, 4) is 28.1 Å². The number of amides is 1. The Hall–Kier alpha value is -3.77. The van der Waals surface area contributed by atoms with Crippen LogP contribution in [-0.4, -0.2) is 27.7 Å². The SMILES string of the molecule is Cc1cc(-c2ccc(-c3ccc(OCCCC(=O)NO)cc3)cc2)nc2ccncc12. The fraction of sp³-hybridized carbons (Fsp3) is 0.160. The summed E-state index contributed by atoms with van der Waals surface area (Å²) in [6, 6.07) is 20.2. The number of aryl methyl sites for hydroxylation is 1. The summed E-state index contributed by atoms with van der Waals surface area (Å²) in [5, 5.41) is 9.55. The molecular weight excluding hydrogens is 390 g/mol. The molecule has 0 radical (unpaired) electrons. The number of carbonyl (C=O) groups excluding carboxylic acids is 1. The van der Waals surface area contributed by atoms with Crippen LogP contribution in [0.1, 0.15) is 18.4 Å². The molecule has 0 aliphatic carbocycles. The normalized spacial score (nSPS) is 10.8. The Morgan fingerprint density at radius 3 is 2.39 bits per heavy atom. The van der Waals surface area contributed by atoms with E-state index in [1.807, 2.05) is 36.5 Å². The van der Waals surface area contributed by atoms with Crippen LogP contribution < -0.4 is 10.2 Å². The molecule has 4 rings (SSSR count). The number of hydrogen-bond donors (Lipinski definition) is 2. The molecule has 2 aromatic heterocycles. The molecular formula is C25H23N3O3. The fourth-order valence-corrected chi connectivity index (χ4v) is 3.44. The van der Waals surface area contributed by atoms with Crippen molar-refractivity contribution < 1.29 is 14.7 Å². The van der Waals surface area contributed by atoms with E-state index >= 15 is 0 Å². The zero-order valence-corrected chi connectivity index (χ0v) is 17.2. The van der Waals surface area contributed by atoms with Crippen molar-refractivity contribution in [2.24, 2.45) is 0 Å². The molecule has 0 saturated heterocycles. The summed E-state index contributed by atoms with van der Waals surface area (Å²) >= 11 is 0. The van der Waals surface area contributed by atoms with Crippen molar-refractivity contribution in [2.75, 3.05) is 6.61 Å². The number of hydroxylamine groups is 1. The predicted molar refractivity (Wildman–Crippen MR) is 120 cm³/mol. The van der Waals surface area contributed by atoms with Crippen molar-refractivity contribution in [2.45, 2.75) is 19.8 Å². The summed E-state index contributed by atoms with van der Waals surface area (Å²) in [7, 11) is 0. The number of benzene rings is 2. The maximum Gasteiger partial charge on any atom is 0.243 e. The van der Waals surface area contributed by atoms with E-state index in [-0.39, 0.29) is 6.42 Å². The molecule has 4 aromatic rings. The van der Waals surface area contributed by atoms with Crippen molar-refractivity contribution in [3.05, 3.63) is 78.6 Å². The van der Waals surface area contributed by atoms with Gasteiger partial charge in [0.05, 0.1) is 17.8 Å². The summed E-state index contributed by atoms with van der Waals surface area (Å²) in [5.74, 6) is 0.337. The lowest BCUT2D eigenvalue weighted by molar-refractivity contribution is -0.129. The average Bonchev–Trinajstić information content (AvgIpc) is 2.82. The third-order valence-electron chi connectivity index (χ3n) is 5.13. The number of fused-ring (bicyclic) bond motifs is 1. The van der Waals surface area contributed by atoms with Gasteiger partial charge in [0.2, 0.25) is 5.91 Å². The first kappa shape index (κ1) is 20.5. The van der Waals surface area contributed by atoms with E-state index in [9.17, 15) is 4.79 Å². The number of pyridine rings is 2. The molecule has 1 amide bonds. The summed E-state index contributed by atoms with van der Waals surface area (Å²) in [6.45, 7) is 2.49. The molecule has 0 unspecified atom stereocenters. The topological polar surface area (TPSA) is 84.3 Å². The van der Waals surface area contributed by atoms with E-state index < -0.39 is 5.91 Å². The molecule has 0 fully saturated rings. The highest BCUT2D eigenvalue weighted by Crippen LogP contribution is 2.27. The van der Waals surface area contributed by atoms with E-state index in [0.29, 0.717) is 13.0 Å². The van der Waals surface area contributed by atoms with Crippen molar-refractivity contribution >= 4 is 16.8 Å². The molecule has 0 atom stereocenters. The third kappa shape index (κ3) is 4.87. The molecule has 156 valence electrons. The first-order chi connectivity index (χ1) is 15.1. The molecule has 6 nitrogen and oxygen atoms in total. The van der Waals surface area contributed by atoms with E-state index in [4.69, 9.17) is 14.9 Å². The Morgan fingerprint density at radius 1 is 1.00 bits per heavy atom. The molecule has 6 heteroatoms. The van der Waals surface area contributed by atoms with Gasteiger partial charge in [-0.1, -0.05) is 36.4 Å². The van der Waals surface area contributed by atoms with Crippen molar-refractivity contribution in [1.29, 1.82) is 0 Å². The van der Waals surface area contributed by atoms with E-state index in [2.05, 4.69) is 42.2 Å². The Kier molecular flexibility index (Phi) is 6.19. The molecule has 2 N–H and O–H groups in total. The molecule has 2 aromatic carbocycles. The highest BCUT2D eigenvalue weighted by Gasteiger charge is 2.06. The van der Waals surface area contributed by atoms with Gasteiger partial charge in [-0.15, -0.1) is 0 Å². The van der Waals surface area contributed by atoms with Crippen LogP contribution in [0.5, 0.6) is 5.75 Å². The van der Waals surface area contributed by atoms with Crippen LogP contribution in [0.15, 0.2) is 73.1 Å². The van der Waals surface area contributed by atoms with Gasteiger partial charge in [-0.05, 0) is 54.3 Å². The number of ether oxygens (including phenoxy) is 1. The maximum atomic E-state index is 11.0. The van der Waals surface area contributed by atoms with Crippen LogP contribution in [0, 0.1) is 6.92 Å². The van der Waals surface area contributed by atoms with E-state index in [1.54, 1.807) is 11.7 Å². The van der Waals surface area contributed by atoms with Gasteiger partial charge in [0.1, 0.15) is 5.75 Å². The molecule has 0 aliphatic heterocycles. The lowest BCUT2D eigenvalue weighted by Crippen LogP contribution is -2.18. The molecule has 0 saturated carbocycles. The Balaban J connectivity index is 1.44. The average molecular weight is 413 g/mol. The second-order valence-electron chi connectivity index (χ2n) is 7.31. The van der Waals surface area contributed by atoms with Gasteiger partial charge < -0.3 is 4.74 Å². The van der Waals surface area contributed by atoms with Gasteiger partial charge in [-0.25, -0.2) is 10.5 Å². The highest BCUT2D eigenvalue weighted by molar-refractivity contribution is 5.84. The molecule has 0 bridgehead atoms. The van der Waals surface area contributed by atoms with E-state index in [0.717, 1.165) is 44.6 Å². The van der Waals surface area contributed by atoms with Crippen LogP contribution in [0.2, 0.25) is 0 Å². The largest absolute Gasteiger partial charge is 0.494 e. The summed E-state index contributed by atoms with van der Waals surface area (Å²) < 4.78 is 5.64. The minimum Gasteiger partial charge on any atom is -0.494 e. The number of aromatic nitrogens is 2. The van der Waals surface area contributed by atoms with Gasteiger partial charge in [0.25, 0.3) is 0 Å². The standard InChI is InChI=1S/C25H23N3O3/c1-17-15-24(27-23-12-13-26-16-22(17)23)20-6-4-18(5-7-20)19-8-10-21(11-9-19)31-14-2-3-25(29)28-30/h4-13,15-16,30H,2-3,14H2,1H3,(H,28,29). The van der Waals surface area contributed by atoms with Crippen molar-refractivity contribution in [3.63, 3.8) is 0 Å². The van der Waals surface area contributed by atoms with Crippen molar-refractivity contribution in [1.82, 2.24) is 15.4 Å². The first-order valence-electron chi connectivity index (χ1n) is 10.1. The molecule has 2 heterocycles. The minimum atomic E-state index is -0.409. The monoisotopic (exact) mass is 413 g/mol. The Morgan fingerprint density at radius 2 is 1.68 bits per heavy atom. The number of nitrogens with one attached hydrogen (secondary N) is 1. The van der Waals surface area contributed by atoms with Gasteiger partial charge in [-0.2, -0.15) is 0 Å².